The molecule has 26 heavy (non-hydrogen) atoms. The molecule has 0 bridgehead atoms. The van der Waals surface area contributed by atoms with Gasteiger partial charge in [-0.3, -0.25) is 4.79 Å². The summed E-state index contributed by atoms with van der Waals surface area (Å²) in [5.41, 5.74) is -0.220. The van der Waals surface area contributed by atoms with E-state index in [4.69, 9.17) is 0 Å². The Labute approximate surface area is 158 Å². The van der Waals surface area contributed by atoms with Crippen molar-refractivity contribution in [2.24, 2.45) is 23.2 Å². The van der Waals surface area contributed by atoms with E-state index in [1.54, 1.807) is 0 Å². The van der Waals surface area contributed by atoms with Crippen LogP contribution in [-0.2, 0) is 4.79 Å². The molecule has 2 N–H and O–H groups in total. The van der Waals surface area contributed by atoms with Gasteiger partial charge in [0, 0.05) is 11.8 Å². The molecule has 3 aliphatic rings. The van der Waals surface area contributed by atoms with Crippen LogP contribution in [0, 0.1) is 35.0 Å². The van der Waals surface area contributed by atoms with Crippen molar-refractivity contribution < 1.29 is 15.0 Å². The number of carbonyl (C=O) groups is 1. The maximum Gasteiger partial charge on any atom is 0.139 e. The van der Waals surface area contributed by atoms with Crippen molar-refractivity contribution in [1.82, 2.24) is 0 Å². The van der Waals surface area contributed by atoms with Crippen molar-refractivity contribution in [2.75, 3.05) is 0 Å². The van der Waals surface area contributed by atoms with Crippen LogP contribution in [0.1, 0.15) is 90.4 Å². The summed E-state index contributed by atoms with van der Waals surface area (Å²) in [6, 6.07) is 0. The van der Waals surface area contributed by atoms with Gasteiger partial charge in [-0.25, -0.2) is 0 Å². The molecule has 3 rings (SSSR count). The third-order valence-corrected chi connectivity index (χ3v) is 7.33. The van der Waals surface area contributed by atoms with Gasteiger partial charge in [-0.05, 0) is 37.5 Å². The molecule has 3 fully saturated rings. The van der Waals surface area contributed by atoms with E-state index in [2.05, 4.69) is 18.8 Å². The first-order valence-corrected chi connectivity index (χ1v) is 11.0. The first-order valence-electron chi connectivity index (χ1n) is 11.0. The van der Waals surface area contributed by atoms with E-state index >= 15 is 0 Å². The van der Waals surface area contributed by atoms with Crippen LogP contribution in [0.3, 0.4) is 0 Å². The Morgan fingerprint density at radius 1 is 1.19 bits per heavy atom. The van der Waals surface area contributed by atoms with E-state index in [0.717, 1.165) is 25.7 Å². The predicted octanol–water partition coefficient (Wildman–Crippen LogP) is 4.25. The molecular weight excluding hydrogens is 324 g/mol. The van der Waals surface area contributed by atoms with Gasteiger partial charge in [0.2, 0.25) is 0 Å². The molecule has 0 heterocycles. The summed E-state index contributed by atoms with van der Waals surface area (Å²) in [4.78, 5) is 12.5. The van der Waals surface area contributed by atoms with Gasteiger partial charge >= 0.3 is 0 Å². The lowest BCUT2D eigenvalue weighted by atomic mass is 9.47. The average molecular weight is 361 g/mol. The minimum absolute atomic E-state index is 0.133. The number of Topliss-reactive ketones (excluding diaryl/α,β-unsaturated/α-hetero) is 1. The highest BCUT2D eigenvalue weighted by molar-refractivity contribution is 5.92. The highest BCUT2D eigenvalue weighted by Crippen LogP contribution is 2.57. The summed E-state index contributed by atoms with van der Waals surface area (Å²) in [6.07, 6.45) is 12.5. The van der Waals surface area contributed by atoms with Crippen LogP contribution >= 0.6 is 0 Å². The molecule has 0 aromatic rings. The zero-order chi connectivity index (χ0) is 18.6. The fourth-order valence-corrected chi connectivity index (χ4v) is 5.65. The number of hydrogen-bond acceptors (Lipinski definition) is 3. The molecule has 146 valence electrons. The normalized spacial score (nSPS) is 35.3. The fraction of sp³-hybridized carbons (Fsp3) is 0.870. The van der Waals surface area contributed by atoms with Gasteiger partial charge < -0.3 is 10.2 Å². The Hall–Kier alpha value is -0.850. The molecule has 3 nitrogen and oxygen atoms in total. The highest BCUT2D eigenvalue weighted by atomic mass is 16.3. The molecule has 0 aromatic heterocycles. The molecule has 0 spiro atoms. The van der Waals surface area contributed by atoms with E-state index in [9.17, 15) is 15.0 Å². The highest BCUT2D eigenvalue weighted by Gasteiger charge is 2.59. The summed E-state index contributed by atoms with van der Waals surface area (Å²) in [6.45, 7) is 2.20. The monoisotopic (exact) mass is 360 g/mol. The largest absolute Gasteiger partial charge is 0.392 e. The molecule has 0 saturated heterocycles. The SMILES string of the molecule is CCCCCC[C@@]12CC[C@H](O)[C@@H](C#C[C@@H](O)CC3CCCC3)[C@@H]1CC2=O. The van der Waals surface area contributed by atoms with Gasteiger partial charge in [-0.15, -0.1) is 0 Å². The Morgan fingerprint density at radius 2 is 1.96 bits per heavy atom. The Bertz CT molecular complexity index is 539. The maximum atomic E-state index is 12.5. The minimum atomic E-state index is -0.582. The lowest BCUT2D eigenvalue weighted by Crippen LogP contribution is -2.58. The van der Waals surface area contributed by atoms with E-state index < -0.39 is 12.2 Å². The second kappa shape index (κ2) is 8.89. The third kappa shape index (κ3) is 4.18. The van der Waals surface area contributed by atoms with Gasteiger partial charge in [0.15, 0.2) is 0 Å². The average Bonchev–Trinajstić information content (AvgIpc) is 3.12. The van der Waals surface area contributed by atoms with Crippen molar-refractivity contribution in [1.29, 1.82) is 0 Å². The minimum Gasteiger partial charge on any atom is -0.392 e. The van der Waals surface area contributed by atoms with Crippen LogP contribution in [0.2, 0.25) is 0 Å². The fourth-order valence-electron chi connectivity index (χ4n) is 5.65. The van der Waals surface area contributed by atoms with Crippen LogP contribution in [0.25, 0.3) is 0 Å². The van der Waals surface area contributed by atoms with E-state index in [1.807, 2.05) is 0 Å². The second-order valence-corrected chi connectivity index (χ2v) is 9.02. The molecule has 0 aliphatic heterocycles. The number of fused-ring (bicyclic) bond motifs is 1. The van der Waals surface area contributed by atoms with Gasteiger partial charge in [0.25, 0.3) is 0 Å². The van der Waals surface area contributed by atoms with Crippen LogP contribution in [0.4, 0.5) is 0 Å². The summed E-state index contributed by atoms with van der Waals surface area (Å²) >= 11 is 0. The molecule has 0 aromatic carbocycles. The molecule has 3 saturated carbocycles. The third-order valence-electron chi connectivity index (χ3n) is 7.33. The number of aliphatic hydroxyl groups excluding tert-OH is 2. The summed E-state index contributed by atoms with van der Waals surface area (Å²) < 4.78 is 0. The number of hydrogen-bond donors (Lipinski definition) is 2. The van der Waals surface area contributed by atoms with Crippen LogP contribution in [0.15, 0.2) is 0 Å². The maximum absolute atomic E-state index is 12.5. The van der Waals surface area contributed by atoms with Gasteiger partial charge in [0.1, 0.15) is 11.9 Å². The molecular formula is C23H36O3. The summed E-state index contributed by atoms with van der Waals surface area (Å²) in [5.74, 6) is 7.33. The van der Waals surface area contributed by atoms with E-state index in [-0.39, 0.29) is 17.3 Å². The predicted molar refractivity (Wildman–Crippen MR) is 103 cm³/mol. The summed E-state index contributed by atoms with van der Waals surface area (Å²) in [7, 11) is 0. The molecule has 0 radical (unpaired) electrons. The van der Waals surface area contributed by atoms with Gasteiger partial charge in [-0.2, -0.15) is 0 Å². The molecule has 3 heteroatoms. The van der Waals surface area contributed by atoms with E-state index in [1.165, 1.54) is 44.9 Å². The molecule has 5 atom stereocenters. The zero-order valence-corrected chi connectivity index (χ0v) is 16.4. The van der Waals surface area contributed by atoms with Crippen LogP contribution in [-0.4, -0.2) is 28.2 Å². The van der Waals surface area contributed by atoms with Crippen LogP contribution in [0.5, 0.6) is 0 Å². The quantitative estimate of drug-likeness (QED) is 0.527. The molecule has 0 unspecified atom stereocenters. The Morgan fingerprint density at radius 3 is 2.65 bits per heavy atom. The van der Waals surface area contributed by atoms with Crippen molar-refractivity contribution >= 4 is 5.78 Å². The van der Waals surface area contributed by atoms with Crippen molar-refractivity contribution in [3.8, 4) is 11.8 Å². The number of aliphatic hydroxyl groups is 2. The standard InChI is InChI=1S/C23H36O3/c1-2-3-4-7-13-23-14-12-21(25)19(20(23)16-22(23)26)11-10-18(24)15-17-8-5-6-9-17/h17-21,24-25H,2-9,12-16H2,1H3/t18-,19+,20+,21+,23-/m1/s1. The van der Waals surface area contributed by atoms with Crippen LogP contribution < -0.4 is 0 Å². The number of unbranched alkanes of at least 4 members (excludes halogenated alkanes) is 3. The lowest BCUT2D eigenvalue weighted by molar-refractivity contribution is -0.161. The molecule has 3 aliphatic carbocycles. The zero-order valence-electron chi connectivity index (χ0n) is 16.4. The number of carbonyl (C=O) groups excluding carboxylic acids is 1. The second-order valence-electron chi connectivity index (χ2n) is 9.02. The first kappa shape index (κ1) is 19.9. The number of ketones is 1. The van der Waals surface area contributed by atoms with Crippen molar-refractivity contribution in [2.45, 2.75) is 103 Å². The van der Waals surface area contributed by atoms with Gasteiger partial charge in [-0.1, -0.05) is 70.1 Å². The summed E-state index contributed by atoms with van der Waals surface area (Å²) in [5, 5.41) is 20.8. The van der Waals surface area contributed by atoms with E-state index in [0.29, 0.717) is 24.5 Å². The topological polar surface area (TPSA) is 57.5 Å². The van der Waals surface area contributed by atoms with Crippen molar-refractivity contribution in [3.63, 3.8) is 0 Å². The van der Waals surface area contributed by atoms with Crippen molar-refractivity contribution in [3.05, 3.63) is 0 Å². The Balaban J connectivity index is 1.61. The first-order chi connectivity index (χ1) is 12.6. The van der Waals surface area contributed by atoms with Gasteiger partial charge in [0.05, 0.1) is 12.0 Å². The smallest absolute Gasteiger partial charge is 0.139 e. The number of rotatable bonds is 7. The Kier molecular flexibility index (Phi) is 6.81. The lowest BCUT2D eigenvalue weighted by Gasteiger charge is -2.55. The molecule has 0 amide bonds.